The Balaban J connectivity index is 1.69. The van der Waals surface area contributed by atoms with E-state index in [-0.39, 0.29) is 5.54 Å². The molecule has 19 heavy (non-hydrogen) atoms. The molecule has 0 radical (unpaired) electrons. The fourth-order valence-electron chi connectivity index (χ4n) is 5.48. The summed E-state index contributed by atoms with van der Waals surface area (Å²) in [6, 6.07) is 2.54. The molecule has 0 amide bonds. The summed E-state index contributed by atoms with van der Waals surface area (Å²) in [4.78, 5) is 2.10. The Morgan fingerprint density at radius 2 is 1.58 bits per heavy atom. The average Bonchev–Trinajstić information content (AvgIpc) is 2.34. The molecule has 1 unspecified atom stereocenters. The molecule has 0 N–H and O–H groups in total. The van der Waals surface area contributed by atoms with Crippen molar-refractivity contribution in [1.29, 1.82) is 5.26 Å². The predicted octanol–water partition coefficient (Wildman–Crippen LogP) is 3.83. The van der Waals surface area contributed by atoms with Crippen molar-refractivity contribution in [3.05, 3.63) is 0 Å². The van der Waals surface area contributed by atoms with Crippen LogP contribution in [0.2, 0.25) is 0 Å². The summed E-state index contributed by atoms with van der Waals surface area (Å²) >= 11 is 0. The third kappa shape index (κ3) is 2.31. The van der Waals surface area contributed by atoms with E-state index >= 15 is 0 Å². The molecule has 0 aromatic carbocycles. The van der Waals surface area contributed by atoms with Crippen LogP contribution < -0.4 is 0 Å². The topological polar surface area (TPSA) is 27.0 Å². The van der Waals surface area contributed by atoms with E-state index in [0.29, 0.717) is 5.41 Å². The third-order valence-corrected chi connectivity index (χ3v) is 6.54. The second kappa shape index (κ2) is 4.48. The van der Waals surface area contributed by atoms with Crippen LogP contribution >= 0.6 is 0 Å². The Labute approximate surface area is 118 Å². The number of hydrogen-bond acceptors (Lipinski definition) is 2. The maximum Gasteiger partial charge on any atom is 0.105 e. The molecule has 0 saturated heterocycles. The van der Waals surface area contributed by atoms with Crippen LogP contribution in [0.1, 0.15) is 58.3 Å². The van der Waals surface area contributed by atoms with Crippen LogP contribution in [0.4, 0.5) is 0 Å². The molecule has 0 heterocycles. The Morgan fingerprint density at radius 1 is 1.11 bits per heavy atom. The lowest BCUT2D eigenvalue weighted by molar-refractivity contribution is -0.0619. The molecule has 0 aromatic rings. The van der Waals surface area contributed by atoms with Gasteiger partial charge in [0.2, 0.25) is 0 Å². The van der Waals surface area contributed by atoms with Gasteiger partial charge in [0.1, 0.15) is 5.54 Å². The summed E-state index contributed by atoms with van der Waals surface area (Å²) in [6.45, 7) is 2.10. The monoisotopic (exact) mass is 260 g/mol. The van der Waals surface area contributed by atoms with E-state index in [0.717, 1.165) is 24.2 Å². The molecule has 0 aliphatic heterocycles. The highest BCUT2D eigenvalue weighted by Gasteiger charge is 2.51. The van der Waals surface area contributed by atoms with E-state index < -0.39 is 0 Å². The van der Waals surface area contributed by atoms with Crippen LogP contribution in [0.3, 0.4) is 0 Å². The number of rotatable bonds is 4. The van der Waals surface area contributed by atoms with Crippen molar-refractivity contribution in [1.82, 2.24) is 4.90 Å². The van der Waals surface area contributed by atoms with E-state index in [9.17, 15) is 5.26 Å². The van der Waals surface area contributed by atoms with Gasteiger partial charge in [-0.15, -0.1) is 0 Å². The molecule has 2 heteroatoms. The van der Waals surface area contributed by atoms with Gasteiger partial charge in [0.15, 0.2) is 0 Å². The van der Waals surface area contributed by atoms with Gasteiger partial charge in [-0.2, -0.15) is 5.26 Å². The van der Waals surface area contributed by atoms with Crippen LogP contribution in [0.25, 0.3) is 0 Å². The van der Waals surface area contributed by atoms with Gasteiger partial charge in [-0.05, 0) is 95.6 Å². The summed E-state index contributed by atoms with van der Waals surface area (Å²) in [5.41, 5.74) is 0.339. The smallest absolute Gasteiger partial charge is 0.105 e. The molecule has 4 saturated carbocycles. The van der Waals surface area contributed by atoms with Crippen LogP contribution in [0.5, 0.6) is 0 Å². The fraction of sp³-hybridized carbons (Fsp3) is 0.941. The van der Waals surface area contributed by atoms with Gasteiger partial charge in [0.25, 0.3) is 0 Å². The molecule has 2 nitrogen and oxygen atoms in total. The molecule has 0 aromatic heterocycles. The molecule has 4 aliphatic carbocycles. The molecule has 0 spiro atoms. The quantitative estimate of drug-likeness (QED) is 0.768. The van der Waals surface area contributed by atoms with Gasteiger partial charge >= 0.3 is 0 Å². The fourth-order valence-corrected chi connectivity index (χ4v) is 5.48. The maximum atomic E-state index is 9.48. The highest BCUT2D eigenvalue weighted by molar-refractivity contribution is 5.07. The van der Waals surface area contributed by atoms with Crippen molar-refractivity contribution in [2.45, 2.75) is 63.8 Å². The van der Waals surface area contributed by atoms with Crippen molar-refractivity contribution < 1.29 is 0 Å². The van der Waals surface area contributed by atoms with Gasteiger partial charge in [0.05, 0.1) is 6.07 Å². The van der Waals surface area contributed by atoms with E-state index in [1.54, 1.807) is 0 Å². The lowest BCUT2D eigenvalue weighted by Gasteiger charge is -2.57. The molecule has 4 bridgehead atoms. The Hall–Kier alpha value is -0.550. The van der Waals surface area contributed by atoms with Gasteiger partial charge < -0.3 is 0 Å². The van der Waals surface area contributed by atoms with Gasteiger partial charge in [-0.25, -0.2) is 0 Å². The van der Waals surface area contributed by atoms with Crippen molar-refractivity contribution in [3.8, 4) is 6.07 Å². The second-order valence-corrected chi connectivity index (χ2v) is 8.20. The van der Waals surface area contributed by atoms with E-state index in [2.05, 4.69) is 17.9 Å². The maximum absolute atomic E-state index is 9.48. The summed E-state index contributed by atoms with van der Waals surface area (Å²) in [7, 11) is 4.09. The molecule has 4 fully saturated rings. The normalized spacial score (nSPS) is 43.2. The number of hydrogen-bond donors (Lipinski definition) is 0. The van der Waals surface area contributed by atoms with Crippen LogP contribution in [-0.2, 0) is 0 Å². The second-order valence-electron chi connectivity index (χ2n) is 8.20. The lowest BCUT2D eigenvalue weighted by Crippen LogP contribution is -2.48. The molecular formula is C17H28N2. The molecule has 106 valence electrons. The Kier molecular flexibility index (Phi) is 3.17. The highest BCUT2D eigenvalue weighted by Crippen LogP contribution is 2.61. The summed E-state index contributed by atoms with van der Waals surface area (Å²) in [6.07, 6.45) is 11.3. The largest absolute Gasteiger partial charge is 0.292 e. The third-order valence-electron chi connectivity index (χ3n) is 6.54. The summed E-state index contributed by atoms with van der Waals surface area (Å²) in [5.74, 6) is 3.08. The average molecular weight is 260 g/mol. The molecule has 4 rings (SSSR count). The first-order chi connectivity index (χ1) is 8.95. The zero-order valence-electron chi connectivity index (χ0n) is 12.8. The van der Waals surface area contributed by atoms with Crippen molar-refractivity contribution in [2.75, 3.05) is 14.1 Å². The Morgan fingerprint density at radius 3 is 1.95 bits per heavy atom. The zero-order valence-corrected chi connectivity index (χ0v) is 12.8. The minimum atomic E-state index is -0.274. The molecular weight excluding hydrogens is 232 g/mol. The predicted molar refractivity (Wildman–Crippen MR) is 77.5 cm³/mol. The number of nitrogens with zero attached hydrogens (tertiary/aromatic N) is 2. The van der Waals surface area contributed by atoms with Crippen molar-refractivity contribution >= 4 is 0 Å². The van der Waals surface area contributed by atoms with E-state index in [4.69, 9.17) is 0 Å². The minimum absolute atomic E-state index is 0.274. The highest BCUT2D eigenvalue weighted by atomic mass is 15.1. The van der Waals surface area contributed by atoms with Gasteiger partial charge in [0, 0.05) is 0 Å². The number of nitriles is 1. The SMILES string of the molecule is CN(C)C(C)(C#N)CCC12CC3CC(CC(C3)C1)C2. The molecule has 4 aliphatic rings. The van der Waals surface area contributed by atoms with E-state index in [1.807, 2.05) is 14.1 Å². The first-order valence-corrected chi connectivity index (χ1v) is 8.03. The van der Waals surface area contributed by atoms with Crippen molar-refractivity contribution in [3.63, 3.8) is 0 Å². The zero-order chi connectivity index (χ0) is 13.7. The minimum Gasteiger partial charge on any atom is -0.292 e. The first kappa shape index (κ1) is 13.4. The summed E-state index contributed by atoms with van der Waals surface area (Å²) < 4.78 is 0. The van der Waals surface area contributed by atoms with Crippen LogP contribution in [-0.4, -0.2) is 24.5 Å². The van der Waals surface area contributed by atoms with Crippen molar-refractivity contribution in [2.24, 2.45) is 23.2 Å². The standard InChI is InChI=1S/C17H28N2/c1-16(12-18,19(2)3)4-5-17-9-13-6-14(10-17)8-15(7-13)11-17/h13-15H,4-11H2,1-3H3. The van der Waals surface area contributed by atoms with Gasteiger partial charge in [-0.3, -0.25) is 4.90 Å². The lowest BCUT2D eigenvalue weighted by atomic mass is 9.48. The molecule has 1 atom stereocenters. The summed E-state index contributed by atoms with van der Waals surface area (Å²) in [5, 5.41) is 9.48. The van der Waals surface area contributed by atoms with Crippen LogP contribution in [0, 0.1) is 34.5 Å². The van der Waals surface area contributed by atoms with E-state index in [1.165, 1.54) is 44.9 Å². The Bertz CT molecular complexity index is 357. The van der Waals surface area contributed by atoms with Crippen LogP contribution in [0.15, 0.2) is 0 Å². The van der Waals surface area contributed by atoms with Gasteiger partial charge in [-0.1, -0.05) is 0 Å². The first-order valence-electron chi connectivity index (χ1n) is 8.03.